The van der Waals surface area contributed by atoms with Crippen LogP contribution in [0.5, 0.6) is 0 Å². The van der Waals surface area contributed by atoms with E-state index < -0.39 is 0 Å². The number of ether oxygens (including phenoxy) is 2. The van der Waals surface area contributed by atoms with Crippen LogP contribution in [-0.4, -0.2) is 24.9 Å². The fourth-order valence-corrected chi connectivity index (χ4v) is 2.10. The second-order valence-corrected chi connectivity index (χ2v) is 4.56. The summed E-state index contributed by atoms with van der Waals surface area (Å²) in [6, 6.07) is 0. The lowest BCUT2D eigenvalue weighted by atomic mass is 9.88. The number of hydrogen-bond donors (Lipinski definition) is 0. The lowest BCUT2D eigenvalue weighted by Crippen LogP contribution is -2.38. The summed E-state index contributed by atoms with van der Waals surface area (Å²) in [5, 5.41) is 0. The molecule has 1 heterocycles. The molecule has 84 valence electrons. The van der Waals surface area contributed by atoms with Crippen LogP contribution in [0.25, 0.3) is 0 Å². The molecule has 0 saturated carbocycles. The minimum absolute atomic E-state index is 0.0716. The van der Waals surface area contributed by atoms with E-state index in [0.717, 1.165) is 32.5 Å². The zero-order valence-electron chi connectivity index (χ0n) is 9.66. The third-order valence-electron chi connectivity index (χ3n) is 3.31. The maximum atomic E-state index is 6.04. The number of allylic oxidation sites excluding steroid dienone is 2. The van der Waals surface area contributed by atoms with E-state index in [-0.39, 0.29) is 5.60 Å². The monoisotopic (exact) mass is 208 g/mol. The molecule has 1 aliphatic heterocycles. The molecule has 0 aromatic rings. The minimum atomic E-state index is -0.0716. The predicted molar refractivity (Wildman–Crippen MR) is 60.8 cm³/mol. The third kappa shape index (κ3) is 2.50. The average Bonchev–Trinajstić information content (AvgIpc) is 2.15. The van der Waals surface area contributed by atoms with Crippen LogP contribution in [-0.2, 0) is 9.47 Å². The van der Waals surface area contributed by atoms with Crippen molar-refractivity contribution < 1.29 is 9.47 Å². The summed E-state index contributed by atoms with van der Waals surface area (Å²) >= 11 is 0. The van der Waals surface area contributed by atoms with Gasteiger partial charge >= 0.3 is 0 Å². The number of rotatable bonds is 4. The van der Waals surface area contributed by atoms with E-state index in [4.69, 9.17) is 9.47 Å². The molecule has 1 aliphatic carbocycles. The quantitative estimate of drug-likeness (QED) is 0.707. The van der Waals surface area contributed by atoms with Gasteiger partial charge in [0.1, 0.15) is 0 Å². The maximum absolute atomic E-state index is 6.04. The Balaban J connectivity index is 1.90. The Bertz CT molecular complexity index is 276. The van der Waals surface area contributed by atoms with Gasteiger partial charge in [0, 0.05) is 13.0 Å². The molecule has 2 aliphatic rings. The van der Waals surface area contributed by atoms with Crippen molar-refractivity contribution in [1.29, 1.82) is 0 Å². The summed E-state index contributed by atoms with van der Waals surface area (Å²) in [4.78, 5) is 0. The zero-order chi connectivity index (χ0) is 10.7. The van der Waals surface area contributed by atoms with Crippen molar-refractivity contribution in [2.75, 3.05) is 13.2 Å². The Kier molecular flexibility index (Phi) is 3.27. The van der Waals surface area contributed by atoms with Crippen molar-refractivity contribution in [3.63, 3.8) is 0 Å². The van der Waals surface area contributed by atoms with Gasteiger partial charge in [-0.1, -0.05) is 30.7 Å². The summed E-state index contributed by atoms with van der Waals surface area (Å²) in [7, 11) is 0. The van der Waals surface area contributed by atoms with Crippen molar-refractivity contribution in [3.05, 3.63) is 23.8 Å². The van der Waals surface area contributed by atoms with Crippen LogP contribution in [0, 0.1) is 0 Å². The van der Waals surface area contributed by atoms with Crippen molar-refractivity contribution in [2.24, 2.45) is 0 Å². The SMILES string of the molecule is CCC1(OCC2CCO2)C=CC=C(C)C1. The van der Waals surface area contributed by atoms with Crippen molar-refractivity contribution >= 4 is 0 Å². The molecule has 0 amide bonds. The normalized spacial score (nSPS) is 34.8. The molecule has 0 radical (unpaired) electrons. The highest BCUT2D eigenvalue weighted by atomic mass is 16.6. The van der Waals surface area contributed by atoms with Crippen molar-refractivity contribution in [3.8, 4) is 0 Å². The first kappa shape index (κ1) is 10.9. The summed E-state index contributed by atoms with van der Waals surface area (Å²) in [5.41, 5.74) is 1.33. The fraction of sp³-hybridized carbons (Fsp3) is 0.692. The van der Waals surface area contributed by atoms with Gasteiger partial charge in [0.05, 0.1) is 18.3 Å². The summed E-state index contributed by atoms with van der Waals surface area (Å²) in [6.45, 7) is 6.00. The Hall–Kier alpha value is -0.600. The molecule has 0 bridgehead atoms. The summed E-state index contributed by atoms with van der Waals surface area (Å²) in [5.74, 6) is 0. The minimum Gasteiger partial charge on any atom is -0.376 e. The highest BCUT2D eigenvalue weighted by molar-refractivity contribution is 5.24. The summed E-state index contributed by atoms with van der Waals surface area (Å²) < 4.78 is 11.4. The second kappa shape index (κ2) is 4.50. The first-order valence-electron chi connectivity index (χ1n) is 5.85. The van der Waals surface area contributed by atoms with E-state index in [1.54, 1.807) is 0 Å². The molecular formula is C13H20O2. The first-order valence-corrected chi connectivity index (χ1v) is 5.85. The molecule has 2 atom stereocenters. The number of hydrogen-bond acceptors (Lipinski definition) is 2. The van der Waals surface area contributed by atoms with Crippen LogP contribution in [0.3, 0.4) is 0 Å². The van der Waals surface area contributed by atoms with Crippen LogP contribution < -0.4 is 0 Å². The molecule has 2 nitrogen and oxygen atoms in total. The van der Waals surface area contributed by atoms with Crippen LogP contribution >= 0.6 is 0 Å². The van der Waals surface area contributed by atoms with E-state index >= 15 is 0 Å². The van der Waals surface area contributed by atoms with Crippen LogP contribution in [0.15, 0.2) is 23.8 Å². The highest BCUT2D eigenvalue weighted by Crippen LogP contribution is 2.30. The molecule has 2 heteroatoms. The lowest BCUT2D eigenvalue weighted by Gasteiger charge is -2.35. The smallest absolute Gasteiger partial charge is 0.0901 e. The van der Waals surface area contributed by atoms with Crippen LogP contribution in [0.1, 0.15) is 33.1 Å². The molecule has 2 rings (SSSR count). The molecule has 1 saturated heterocycles. The van der Waals surface area contributed by atoms with Gasteiger partial charge in [0.2, 0.25) is 0 Å². The Labute approximate surface area is 92.0 Å². The van der Waals surface area contributed by atoms with Gasteiger partial charge in [-0.3, -0.25) is 0 Å². The largest absolute Gasteiger partial charge is 0.376 e. The van der Waals surface area contributed by atoms with E-state index in [9.17, 15) is 0 Å². The highest BCUT2D eigenvalue weighted by Gasteiger charge is 2.30. The molecule has 0 spiro atoms. The van der Waals surface area contributed by atoms with Gasteiger partial charge in [0.25, 0.3) is 0 Å². The Morgan fingerprint density at radius 2 is 2.40 bits per heavy atom. The summed E-state index contributed by atoms with van der Waals surface area (Å²) in [6.07, 6.45) is 10.0. The topological polar surface area (TPSA) is 18.5 Å². The second-order valence-electron chi connectivity index (χ2n) is 4.56. The molecule has 15 heavy (non-hydrogen) atoms. The molecule has 1 fully saturated rings. The van der Waals surface area contributed by atoms with Gasteiger partial charge in [-0.2, -0.15) is 0 Å². The Morgan fingerprint density at radius 3 is 2.93 bits per heavy atom. The van der Waals surface area contributed by atoms with E-state index in [1.165, 1.54) is 5.57 Å². The lowest BCUT2D eigenvalue weighted by molar-refractivity contribution is -0.126. The third-order valence-corrected chi connectivity index (χ3v) is 3.31. The van der Waals surface area contributed by atoms with Gasteiger partial charge in [0.15, 0.2) is 0 Å². The van der Waals surface area contributed by atoms with Crippen molar-refractivity contribution in [2.45, 2.75) is 44.8 Å². The van der Waals surface area contributed by atoms with E-state index in [2.05, 4.69) is 32.1 Å². The molecule has 0 N–H and O–H groups in total. The fourth-order valence-electron chi connectivity index (χ4n) is 2.10. The molecular weight excluding hydrogens is 188 g/mol. The zero-order valence-corrected chi connectivity index (χ0v) is 9.66. The van der Waals surface area contributed by atoms with Crippen molar-refractivity contribution in [1.82, 2.24) is 0 Å². The van der Waals surface area contributed by atoms with Gasteiger partial charge in [-0.15, -0.1) is 0 Å². The molecule has 0 aromatic carbocycles. The van der Waals surface area contributed by atoms with Crippen LogP contribution in [0.2, 0.25) is 0 Å². The maximum Gasteiger partial charge on any atom is 0.0901 e. The first-order chi connectivity index (χ1) is 7.24. The predicted octanol–water partition coefficient (Wildman–Crippen LogP) is 2.85. The van der Waals surface area contributed by atoms with Gasteiger partial charge < -0.3 is 9.47 Å². The van der Waals surface area contributed by atoms with Gasteiger partial charge in [-0.05, 0) is 19.8 Å². The standard InChI is InChI=1S/C13H20O2/c1-3-13(7-4-5-11(2)9-13)15-10-12-6-8-14-12/h4-5,7,12H,3,6,8-10H2,1-2H3. The molecule has 0 aromatic heterocycles. The van der Waals surface area contributed by atoms with E-state index in [1.807, 2.05) is 0 Å². The van der Waals surface area contributed by atoms with E-state index in [0.29, 0.717) is 6.10 Å². The average molecular weight is 208 g/mol. The van der Waals surface area contributed by atoms with Crippen LogP contribution in [0.4, 0.5) is 0 Å². The van der Waals surface area contributed by atoms with Gasteiger partial charge in [-0.25, -0.2) is 0 Å². The molecule has 2 unspecified atom stereocenters. The Morgan fingerprint density at radius 1 is 1.60 bits per heavy atom.